The number of rotatable bonds is 6. The highest BCUT2D eigenvalue weighted by Crippen LogP contribution is 2.19. The quantitative estimate of drug-likeness (QED) is 0.848. The van der Waals surface area contributed by atoms with Crippen LogP contribution >= 0.6 is 11.6 Å². The van der Waals surface area contributed by atoms with E-state index in [1.54, 1.807) is 0 Å². The zero-order chi connectivity index (χ0) is 12.8. The number of nitrogens with zero attached hydrogens (tertiary/aromatic N) is 1. The maximum Gasteiger partial charge on any atom is 0.0406 e. The van der Waals surface area contributed by atoms with Crippen LogP contribution in [0.2, 0.25) is 5.02 Å². The predicted octanol–water partition coefficient (Wildman–Crippen LogP) is 3.48. The molecule has 1 aromatic rings. The Bertz CT molecular complexity index is 344. The van der Waals surface area contributed by atoms with Gasteiger partial charge in [-0.05, 0) is 50.0 Å². The van der Waals surface area contributed by atoms with Crippen molar-refractivity contribution in [3.63, 3.8) is 0 Å². The molecule has 0 radical (unpaired) electrons. The van der Waals surface area contributed by atoms with Gasteiger partial charge in [-0.3, -0.25) is 0 Å². The Morgan fingerprint density at radius 2 is 1.89 bits per heavy atom. The third-order valence-corrected chi connectivity index (χ3v) is 3.95. The summed E-state index contributed by atoms with van der Waals surface area (Å²) in [5.41, 5.74) is 1.34. The maximum atomic E-state index is 5.92. The van der Waals surface area contributed by atoms with Gasteiger partial charge in [-0.2, -0.15) is 0 Å². The Morgan fingerprint density at radius 1 is 1.22 bits per heavy atom. The van der Waals surface area contributed by atoms with Gasteiger partial charge in [0.05, 0.1) is 0 Å². The lowest BCUT2D eigenvalue weighted by Gasteiger charge is -2.20. The van der Waals surface area contributed by atoms with E-state index in [1.165, 1.54) is 38.0 Å². The van der Waals surface area contributed by atoms with Crippen LogP contribution in [0.5, 0.6) is 0 Å². The molecule has 2 nitrogen and oxygen atoms in total. The molecule has 2 rings (SSSR count). The average Bonchev–Trinajstić information content (AvgIpc) is 2.89. The van der Waals surface area contributed by atoms with E-state index in [-0.39, 0.29) is 0 Å². The molecule has 1 aliphatic rings. The van der Waals surface area contributed by atoms with E-state index in [4.69, 9.17) is 11.6 Å². The number of benzene rings is 1. The third-order valence-electron chi connectivity index (χ3n) is 3.70. The molecule has 3 heteroatoms. The van der Waals surface area contributed by atoms with E-state index < -0.39 is 0 Å². The molecule has 0 spiro atoms. The molecule has 1 N–H and O–H groups in total. The highest BCUT2D eigenvalue weighted by Gasteiger charge is 2.12. The minimum Gasteiger partial charge on any atom is -0.309 e. The van der Waals surface area contributed by atoms with Crippen LogP contribution in [0.1, 0.15) is 37.8 Å². The molecular weight excluding hydrogens is 244 g/mol. The van der Waals surface area contributed by atoms with Gasteiger partial charge >= 0.3 is 0 Å². The molecule has 1 atom stereocenters. The first kappa shape index (κ1) is 13.9. The number of hydrogen-bond donors (Lipinski definition) is 1. The first-order valence-corrected chi connectivity index (χ1v) is 7.38. The summed E-state index contributed by atoms with van der Waals surface area (Å²) in [4.78, 5) is 2.54. The summed E-state index contributed by atoms with van der Waals surface area (Å²) in [6, 6.07) is 8.65. The van der Waals surface area contributed by atoms with Gasteiger partial charge < -0.3 is 10.2 Å². The molecule has 0 bridgehead atoms. The Balaban J connectivity index is 1.79. The number of nitrogens with one attached hydrogen (secondary N) is 1. The van der Waals surface area contributed by atoms with Gasteiger partial charge in [0.15, 0.2) is 0 Å². The molecule has 18 heavy (non-hydrogen) atoms. The van der Waals surface area contributed by atoms with E-state index in [2.05, 4.69) is 29.3 Å². The molecule has 100 valence electrons. The number of halogens is 1. The second kappa shape index (κ2) is 7.13. The lowest BCUT2D eigenvalue weighted by atomic mass is 10.0. The summed E-state index contributed by atoms with van der Waals surface area (Å²) in [5.74, 6) is 0. The minimum absolute atomic E-state index is 0.449. The van der Waals surface area contributed by atoms with Crippen LogP contribution in [-0.2, 0) is 0 Å². The fraction of sp³-hybridized carbons (Fsp3) is 0.600. The van der Waals surface area contributed by atoms with Gasteiger partial charge in [0.2, 0.25) is 0 Å². The predicted molar refractivity (Wildman–Crippen MR) is 78.2 cm³/mol. The molecule has 1 heterocycles. The van der Waals surface area contributed by atoms with Crippen molar-refractivity contribution < 1.29 is 0 Å². The Kier molecular flexibility index (Phi) is 5.48. The molecule has 1 fully saturated rings. The van der Waals surface area contributed by atoms with Crippen LogP contribution in [0.25, 0.3) is 0 Å². The van der Waals surface area contributed by atoms with E-state index >= 15 is 0 Å². The van der Waals surface area contributed by atoms with Crippen LogP contribution < -0.4 is 5.32 Å². The van der Waals surface area contributed by atoms with E-state index in [0.717, 1.165) is 18.0 Å². The zero-order valence-electron chi connectivity index (χ0n) is 11.2. The van der Waals surface area contributed by atoms with Crippen LogP contribution in [-0.4, -0.2) is 31.1 Å². The van der Waals surface area contributed by atoms with Crippen LogP contribution in [0.15, 0.2) is 24.3 Å². The van der Waals surface area contributed by atoms with Crippen molar-refractivity contribution in [2.75, 3.05) is 26.2 Å². The van der Waals surface area contributed by atoms with Crippen LogP contribution in [0.3, 0.4) is 0 Å². The molecule has 1 aromatic carbocycles. The smallest absolute Gasteiger partial charge is 0.0406 e. The lowest BCUT2D eigenvalue weighted by Crippen LogP contribution is -2.32. The molecule has 0 aromatic heterocycles. The maximum absolute atomic E-state index is 5.92. The molecule has 0 aliphatic carbocycles. The van der Waals surface area contributed by atoms with Crippen molar-refractivity contribution >= 4 is 11.6 Å². The first-order valence-electron chi connectivity index (χ1n) is 7.01. The summed E-state index contributed by atoms with van der Waals surface area (Å²) < 4.78 is 0. The number of likely N-dealkylation sites (tertiary alicyclic amines) is 1. The second-order valence-electron chi connectivity index (χ2n) is 5.02. The molecule has 1 saturated heterocycles. The summed E-state index contributed by atoms with van der Waals surface area (Å²) in [6.45, 7) is 7.02. The van der Waals surface area contributed by atoms with Crippen molar-refractivity contribution in [3.05, 3.63) is 34.9 Å². The average molecular weight is 267 g/mol. The van der Waals surface area contributed by atoms with Crippen molar-refractivity contribution in [2.24, 2.45) is 0 Å². The lowest BCUT2D eigenvalue weighted by molar-refractivity contribution is 0.326. The summed E-state index contributed by atoms with van der Waals surface area (Å²) in [7, 11) is 0. The summed E-state index contributed by atoms with van der Waals surface area (Å²) >= 11 is 5.92. The van der Waals surface area contributed by atoms with Crippen molar-refractivity contribution in [1.29, 1.82) is 0 Å². The van der Waals surface area contributed by atoms with Gasteiger partial charge in [0, 0.05) is 24.2 Å². The summed E-state index contributed by atoms with van der Waals surface area (Å²) in [5, 5.41) is 4.46. The minimum atomic E-state index is 0.449. The number of hydrogen-bond acceptors (Lipinski definition) is 2. The van der Waals surface area contributed by atoms with Crippen molar-refractivity contribution in [3.8, 4) is 0 Å². The van der Waals surface area contributed by atoms with Gasteiger partial charge in [0.1, 0.15) is 0 Å². The molecule has 1 unspecified atom stereocenters. The van der Waals surface area contributed by atoms with Gasteiger partial charge in [0.25, 0.3) is 0 Å². The normalized spacial score (nSPS) is 18.1. The highest BCUT2D eigenvalue weighted by molar-refractivity contribution is 6.30. The third kappa shape index (κ3) is 3.98. The molecular formula is C15H23ClN2. The van der Waals surface area contributed by atoms with Gasteiger partial charge in [-0.25, -0.2) is 0 Å². The standard InChI is InChI=1S/C15H23ClN2/c1-2-15(13-5-7-14(16)8-6-13)17-9-12-18-10-3-4-11-18/h5-8,15,17H,2-4,9-12H2,1H3. The van der Waals surface area contributed by atoms with Crippen molar-refractivity contribution in [1.82, 2.24) is 10.2 Å². The monoisotopic (exact) mass is 266 g/mol. The largest absolute Gasteiger partial charge is 0.309 e. The highest BCUT2D eigenvalue weighted by atomic mass is 35.5. The first-order chi connectivity index (χ1) is 8.79. The van der Waals surface area contributed by atoms with Crippen LogP contribution in [0, 0.1) is 0 Å². The summed E-state index contributed by atoms with van der Waals surface area (Å²) in [6.07, 6.45) is 3.85. The Labute approximate surface area is 115 Å². The van der Waals surface area contributed by atoms with Crippen LogP contribution in [0.4, 0.5) is 0 Å². The van der Waals surface area contributed by atoms with E-state index in [0.29, 0.717) is 6.04 Å². The zero-order valence-corrected chi connectivity index (χ0v) is 11.9. The fourth-order valence-corrected chi connectivity index (χ4v) is 2.72. The van der Waals surface area contributed by atoms with Gasteiger partial charge in [-0.15, -0.1) is 0 Å². The van der Waals surface area contributed by atoms with E-state index in [9.17, 15) is 0 Å². The Morgan fingerprint density at radius 3 is 2.50 bits per heavy atom. The fourth-order valence-electron chi connectivity index (χ4n) is 2.60. The SMILES string of the molecule is CCC(NCCN1CCCC1)c1ccc(Cl)cc1. The molecule has 0 amide bonds. The van der Waals surface area contributed by atoms with Gasteiger partial charge in [-0.1, -0.05) is 30.7 Å². The molecule has 0 saturated carbocycles. The second-order valence-corrected chi connectivity index (χ2v) is 5.45. The molecule has 1 aliphatic heterocycles. The topological polar surface area (TPSA) is 15.3 Å². The van der Waals surface area contributed by atoms with E-state index in [1.807, 2.05) is 12.1 Å². The van der Waals surface area contributed by atoms with Crippen molar-refractivity contribution in [2.45, 2.75) is 32.2 Å². The Hall–Kier alpha value is -0.570.